The number of halogens is 1. The lowest BCUT2D eigenvalue weighted by atomic mass is 9.99. The molecule has 21 heavy (non-hydrogen) atoms. The standard InChI is InChI=1S/C15H21ClN2O3/c1-2-21-14-12(16)6-3-7-13(14)17-15(20)18-8-4-5-11(9-18)10-19/h3,6-7,11,19H,2,4-5,8-10H2,1H3,(H,17,20). The number of nitrogens with one attached hydrogen (secondary N) is 1. The minimum atomic E-state index is -0.184. The molecule has 0 radical (unpaired) electrons. The molecule has 1 aromatic rings. The SMILES string of the molecule is CCOc1c(Cl)cccc1NC(=O)N1CCCC(CO)C1. The van der Waals surface area contributed by atoms with Crippen LogP contribution in [0.3, 0.4) is 0 Å². The van der Waals surface area contributed by atoms with Crippen molar-refractivity contribution >= 4 is 23.3 Å². The van der Waals surface area contributed by atoms with Crippen molar-refractivity contribution in [1.82, 2.24) is 4.90 Å². The second kappa shape index (κ2) is 7.52. The highest BCUT2D eigenvalue weighted by Crippen LogP contribution is 2.33. The lowest BCUT2D eigenvalue weighted by Crippen LogP contribution is -2.43. The zero-order valence-corrected chi connectivity index (χ0v) is 12.9. The van der Waals surface area contributed by atoms with E-state index in [-0.39, 0.29) is 18.6 Å². The van der Waals surface area contributed by atoms with Gasteiger partial charge in [0.2, 0.25) is 0 Å². The molecule has 1 unspecified atom stereocenters. The van der Waals surface area contributed by atoms with Gasteiger partial charge in [0.1, 0.15) is 0 Å². The molecular weight excluding hydrogens is 292 g/mol. The third-order valence-corrected chi connectivity index (χ3v) is 3.86. The number of aliphatic hydroxyl groups is 1. The van der Waals surface area contributed by atoms with E-state index in [9.17, 15) is 9.90 Å². The molecule has 2 N–H and O–H groups in total. The number of piperidine rings is 1. The van der Waals surface area contributed by atoms with Crippen LogP contribution in [-0.4, -0.2) is 42.3 Å². The van der Waals surface area contributed by atoms with E-state index in [0.717, 1.165) is 12.8 Å². The Kier molecular flexibility index (Phi) is 5.70. The van der Waals surface area contributed by atoms with Crippen molar-refractivity contribution in [3.8, 4) is 5.75 Å². The number of ether oxygens (including phenoxy) is 1. The van der Waals surface area contributed by atoms with Crippen molar-refractivity contribution in [2.24, 2.45) is 5.92 Å². The van der Waals surface area contributed by atoms with Gasteiger partial charge in [-0.15, -0.1) is 0 Å². The summed E-state index contributed by atoms with van der Waals surface area (Å²) in [5.74, 6) is 0.654. The molecule has 1 saturated heterocycles. The van der Waals surface area contributed by atoms with Crippen molar-refractivity contribution in [2.45, 2.75) is 19.8 Å². The molecule has 1 heterocycles. The Morgan fingerprint density at radius 1 is 1.57 bits per heavy atom. The Hall–Kier alpha value is -1.46. The lowest BCUT2D eigenvalue weighted by molar-refractivity contribution is 0.136. The Morgan fingerprint density at radius 3 is 3.10 bits per heavy atom. The molecular formula is C15H21ClN2O3. The summed E-state index contributed by atoms with van der Waals surface area (Å²) in [6, 6.07) is 5.08. The largest absolute Gasteiger partial charge is 0.490 e. The number of hydrogen-bond donors (Lipinski definition) is 2. The number of anilines is 1. The predicted octanol–water partition coefficient (Wildman–Crippen LogP) is 2.97. The van der Waals surface area contributed by atoms with Gasteiger partial charge in [-0.3, -0.25) is 0 Å². The molecule has 1 fully saturated rings. The maximum absolute atomic E-state index is 12.3. The van der Waals surface area contributed by atoms with Gasteiger partial charge in [-0.05, 0) is 37.8 Å². The van der Waals surface area contributed by atoms with Gasteiger partial charge in [-0.25, -0.2) is 4.79 Å². The fourth-order valence-electron chi connectivity index (χ4n) is 2.49. The average molecular weight is 313 g/mol. The van der Waals surface area contributed by atoms with E-state index in [2.05, 4.69) is 5.32 Å². The zero-order valence-electron chi connectivity index (χ0n) is 12.1. The molecule has 2 rings (SSSR count). The Balaban J connectivity index is 2.07. The monoisotopic (exact) mass is 312 g/mol. The summed E-state index contributed by atoms with van der Waals surface area (Å²) in [6.07, 6.45) is 1.87. The molecule has 0 spiro atoms. The summed E-state index contributed by atoms with van der Waals surface area (Å²) in [5, 5.41) is 12.6. The number of hydrogen-bond acceptors (Lipinski definition) is 3. The van der Waals surface area contributed by atoms with Gasteiger partial charge >= 0.3 is 6.03 Å². The molecule has 1 aliphatic heterocycles. The van der Waals surface area contributed by atoms with E-state index in [0.29, 0.717) is 36.2 Å². The molecule has 2 amide bonds. The molecule has 1 atom stereocenters. The topological polar surface area (TPSA) is 61.8 Å². The molecule has 1 aromatic carbocycles. The van der Waals surface area contributed by atoms with Gasteiger partial charge in [-0.1, -0.05) is 17.7 Å². The maximum Gasteiger partial charge on any atom is 0.321 e. The van der Waals surface area contributed by atoms with Crippen LogP contribution < -0.4 is 10.1 Å². The number of aliphatic hydroxyl groups excluding tert-OH is 1. The van der Waals surface area contributed by atoms with Crippen LogP contribution in [0.15, 0.2) is 18.2 Å². The minimum absolute atomic E-state index is 0.116. The molecule has 0 aliphatic carbocycles. The van der Waals surface area contributed by atoms with Crippen LogP contribution in [0, 0.1) is 5.92 Å². The molecule has 116 valence electrons. The average Bonchev–Trinajstić information content (AvgIpc) is 2.51. The fraction of sp³-hybridized carbons (Fsp3) is 0.533. The number of carbonyl (C=O) groups excluding carboxylic acids is 1. The smallest absolute Gasteiger partial charge is 0.321 e. The predicted molar refractivity (Wildman–Crippen MR) is 83.0 cm³/mol. The first-order valence-corrected chi connectivity index (χ1v) is 7.61. The third kappa shape index (κ3) is 4.02. The van der Waals surface area contributed by atoms with E-state index in [4.69, 9.17) is 16.3 Å². The van der Waals surface area contributed by atoms with Crippen LogP contribution in [0.1, 0.15) is 19.8 Å². The highest BCUT2D eigenvalue weighted by molar-refractivity contribution is 6.32. The van der Waals surface area contributed by atoms with E-state index >= 15 is 0 Å². The van der Waals surface area contributed by atoms with Crippen LogP contribution in [-0.2, 0) is 0 Å². The molecule has 0 saturated carbocycles. The second-order valence-electron chi connectivity index (χ2n) is 5.12. The van der Waals surface area contributed by atoms with Gasteiger partial charge in [-0.2, -0.15) is 0 Å². The number of amides is 2. The van der Waals surface area contributed by atoms with E-state index < -0.39 is 0 Å². The molecule has 0 aromatic heterocycles. The molecule has 5 nitrogen and oxygen atoms in total. The number of urea groups is 1. The van der Waals surface area contributed by atoms with Crippen LogP contribution in [0.5, 0.6) is 5.75 Å². The Morgan fingerprint density at radius 2 is 2.38 bits per heavy atom. The van der Waals surface area contributed by atoms with Crippen molar-refractivity contribution in [1.29, 1.82) is 0 Å². The summed E-state index contributed by atoms with van der Waals surface area (Å²) in [6.45, 7) is 3.74. The van der Waals surface area contributed by atoms with Gasteiger partial charge in [0.15, 0.2) is 5.75 Å². The fourth-order valence-corrected chi connectivity index (χ4v) is 2.72. The van der Waals surface area contributed by atoms with Gasteiger partial charge in [0.25, 0.3) is 0 Å². The minimum Gasteiger partial charge on any atom is -0.490 e. The summed E-state index contributed by atoms with van der Waals surface area (Å²) in [5.41, 5.74) is 0.570. The third-order valence-electron chi connectivity index (χ3n) is 3.56. The number of carbonyl (C=O) groups is 1. The number of likely N-dealkylation sites (tertiary alicyclic amines) is 1. The Labute approximate surface area is 129 Å². The summed E-state index contributed by atoms with van der Waals surface area (Å²) in [4.78, 5) is 14.1. The zero-order chi connectivity index (χ0) is 15.2. The summed E-state index contributed by atoms with van der Waals surface area (Å²) < 4.78 is 5.49. The second-order valence-corrected chi connectivity index (χ2v) is 5.52. The van der Waals surface area contributed by atoms with Gasteiger partial charge < -0.3 is 20.1 Å². The van der Waals surface area contributed by atoms with E-state index in [1.165, 1.54) is 0 Å². The molecule has 1 aliphatic rings. The first kappa shape index (κ1) is 15.9. The highest BCUT2D eigenvalue weighted by atomic mass is 35.5. The lowest BCUT2D eigenvalue weighted by Gasteiger charge is -2.32. The molecule has 6 heteroatoms. The maximum atomic E-state index is 12.3. The Bertz CT molecular complexity index is 496. The van der Waals surface area contributed by atoms with E-state index in [1.54, 1.807) is 23.1 Å². The normalized spacial score (nSPS) is 18.4. The number of rotatable bonds is 4. The van der Waals surface area contributed by atoms with Crippen LogP contribution in [0.25, 0.3) is 0 Å². The quantitative estimate of drug-likeness (QED) is 0.898. The van der Waals surface area contributed by atoms with Crippen LogP contribution in [0.4, 0.5) is 10.5 Å². The van der Waals surface area contributed by atoms with Crippen molar-refractivity contribution in [2.75, 3.05) is 31.6 Å². The van der Waals surface area contributed by atoms with Crippen LogP contribution in [0.2, 0.25) is 5.02 Å². The summed E-state index contributed by atoms with van der Waals surface area (Å²) in [7, 11) is 0. The number of nitrogens with zero attached hydrogens (tertiary/aromatic N) is 1. The number of para-hydroxylation sites is 1. The van der Waals surface area contributed by atoms with Crippen LogP contribution >= 0.6 is 11.6 Å². The first-order chi connectivity index (χ1) is 10.2. The summed E-state index contributed by atoms with van der Waals surface area (Å²) >= 11 is 6.10. The van der Waals surface area contributed by atoms with Crippen molar-refractivity contribution in [3.63, 3.8) is 0 Å². The highest BCUT2D eigenvalue weighted by Gasteiger charge is 2.24. The first-order valence-electron chi connectivity index (χ1n) is 7.23. The van der Waals surface area contributed by atoms with E-state index in [1.807, 2.05) is 6.92 Å². The van der Waals surface area contributed by atoms with Crippen molar-refractivity contribution in [3.05, 3.63) is 23.2 Å². The van der Waals surface area contributed by atoms with Gasteiger partial charge in [0.05, 0.1) is 17.3 Å². The molecule has 0 bridgehead atoms. The van der Waals surface area contributed by atoms with Crippen molar-refractivity contribution < 1.29 is 14.6 Å². The van der Waals surface area contributed by atoms with Gasteiger partial charge in [0, 0.05) is 19.7 Å². The number of benzene rings is 1.